The number of nitrogens with two attached hydrogens (primary N) is 1. The Morgan fingerprint density at radius 3 is 1.45 bits per heavy atom. The number of hydrogen-bond donors (Lipinski definition) is 5. The maximum Gasteiger partial charge on any atom is 0.408 e. The van der Waals surface area contributed by atoms with E-state index >= 15 is 0 Å². The molecule has 5 atom stereocenters. The molecule has 42 heavy (non-hydrogen) atoms. The number of halogens is 2. The van der Waals surface area contributed by atoms with Crippen LogP contribution in [0.4, 0.5) is 0 Å². The summed E-state index contributed by atoms with van der Waals surface area (Å²) in [7, 11) is -10.8. The Bertz CT molecular complexity index is 901. The number of hydrogen-bond acceptors (Lipinski definition) is 11. The van der Waals surface area contributed by atoms with Crippen molar-refractivity contribution in [3.05, 3.63) is 0 Å². The van der Waals surface area contributed by atoms with Crippen molar-refractivity contribution in [1.29, 1.82) is 0 Å². The van der Waals surface area contributed by atoms with Crippen molar-refractivity contribution in [3.8, 4) is 0 Å². The lowest BCUT2D eigenvalue weighted by molar-refractivity contribution is 0.195. The summed E-state index contributed by atoms with van der Waals surface area (Å²) in [6.07, 6.45) is 0.983. The van der Waals surface area contributed by atoms with E-state index in [0.717, 1.165) is 12.8 Å². The molecule has 0 spiro atoms. The normalized spacial score (nSPS) is 18.7. The molecule has 1 aliphatic heterocycles. The van der Waals surface area contributed by atoms with Gasteiger partial charge in [0.1, 0.15) is 14.6 Å². The predicted octanol–water partition coefficient (Wildman–Crippen LogP) is 3.59. The lowest BCUT2D eigenvalue weighted by Gasteiger charge is -2.17. The molecule has 0 radical (unpaired) electrons. The van der Waals surface area contributed by atoms with E-state index in [1.807, 2.05) is 20.8 Å². The van der Waals surface area contributed by atoms with Crippen LogP contribution in [0.15, 0.2) is 0 Å². The Labute approximate surface area is 264 Å². The van der Waals surface area contributed by atoms with E-state index in [1.165, 1.54) is 0 Å². The molecule has 0 saturated carbocycles. The van der Waals surface area contributed by atoms with Crippen molar-refractivity contribution in [2.75, 3.05) is 77.8 Å². The quantitative estimate of drug-likeness (QED) is 0.0749. The van der Waals surface area contributed by atoms with Crippen LogP contribution < -0.4 is 15.9 Å². The highest BCUT2D eigenvalue weighted by molar-refractivity contribution is 7.86. The van der Waals surface area contributed by atoms with Crippen LogP contribution in [-0.2, 0) is 37.0 Å². The molecule has 0 aromatic heterocycles. The zero-order valence-corrected chi connectivity index (χ0v) is 32.0. The molecular formula is C22H57Cl2N4O10P3S. The first-order chi connectivity index (χ1) is 18.9. The summed E-state index contributed by atoms with van der Waals surface area (Å²) < 4.78 is 71.8. The fourth-order valence-electron chi connectivity index (χ4n) is 2.44. The lowest BCUT2D eigenvalue weighted by atomic mass is 10.4. The topological polar surface area (TPSA) is 207 Å². The van der Waals surface area contributed by atoms with Crippen LogP contribution in [0.25, 0.3) is 0 Å². The summed E-state index contributed by atoms with van der Waals surface area (Å²) in [6, 6.07) is -0.0228. The summed E-state index contributed by atoms with van der Waals surface area (Å²) in [5.74, 6) is 0. The van der Waals surface area contributed by atoms with Gasteiger partial charge in [-0.3, -0.25) is 23.4 Å². The van der Waals surface area contributed by atoms with E-state index < -0.39 is 32.4 Å². The lowest BCUT2D eigenvalue weighted by Crippen LogP contribution is -2.28. The number of nitrogens with one attached hydrogen (secondary N) is 2. The highest BCUT2D eigenvalue weighted by Gasteiger charge is 2.46. The molecule has 1 rings (SSSR count). The fraction of sp³-hybridized carbons (Fsp3) is 1.00. The Hall–Kier alpha value is 0.860. The van der Waals surface area contributed by atoms with E-state index in [9.17, 15) is 22.1 Å². The van der Waals surface area contributed by atoms with Gasteiger partial charge in [-0.2, -0.15) is 8.42 Å². The number of rotatable bonds is 14. The van der Waals surface area contributed by atoms with Gasteiger partial charge >= 0.3 is 7.75 Å². The van der Waals surface area contributed by atoms with Gasteiger partial charge in [0.25, 0.3) is 10.1 Å². The average Bonchev–Trinajstić information content (AvgIpc) is 3.55. The average molecular weight is 734 g/mol. The fourth-order valence-corrected chi connectivity index (χ4v) is 7.12. The first-order valence-corrected chi connectivity index (χ1v) is 22.7. The summed E-state index contributed by atoms with van der Waals surface area (Å²) in [6.45, 7) is 19.1. The molecule has 1 fully saturated rings. The number of alkyl halides is 2. The van der Waals surface area contributed by atoms with E-state index in [0.29, 0.717) is 19.3 Å². The molecule has 0 aliphatic carbocycles. The molecule has 1 heterocycles. The van der Waals surface area contributed by atoms with Crippen molar-refractivity contribution in [2.45, 2.75) is 65.7 Å². The Morgan fingerprint density at radius 2 is 1.26 bits per heavy atom. The zero-order valence-electron chi connectivity index (χ0n) is 26.9. The van der Waals surface area contributed by atoms with E-state index in [1.54, 1.807) is 52.1 Å². The Morgan fingerprint density at radius 1 is 0.929 bits per heavy atom. The number of nitrogens with zero attached hydrogens (tertiary/aromatic N) is 1. The first-order valence-electron chi connectivity index (χ1n) is 13.1. The van der Waals surface area contributed by atoms with E-state index in [4.69, 9.17) is 48.2 Å². The number of aliphatic hydroxyl groups excluding tert-OH is 2. The molecule has 1 unspecified atom stereocenters. The molecule has 0 bridgehead atoms. The maximum atomic E-state index is 11.9. The molecular weight excluding hydrogens is 676 g/mol. The van der Waals surface area contributed by atoms with Gasteiger partial charge in [0.2, 0.25) is 0 Å². The van der Waals surface area contributed by atoms with Crippen LogP contribution >= 0.6 is 45.5 Å². The van der Waals surface area contributed by atoms with Gasteiger partial charge in [-0.25, -0.2) is 9.24 Å². The van der Waals surface area contributed by atoms with E-state index in [2.05, 4.69) is 14.4 Å². The standard InChI is InChI=1S/C7H16NO3P.C6H16NO4PS.C5H14NO2P.C3H9NO.CH2Cl2/c1-4-10-12(9,11-5-2)8-6-7(8)3;1-6(7-12(2,3)8)5-11-13(4,9)10;1-5(4-7)6-9(2,3)8;1-3(4)2-5;2-1-3/h7H,4-6H2,1-3H3;6H,5H2,1-4H3,(H,7,8);5,7H,4H2,1-3H3,(H,6,8);3,5H,2,4H2,1H3;1H2/t7-,8?;6-;5-;3-;/m1111./s1. The molecule has 0 aromatic carbocycles. The summed E-state index contributed by atoms with van der Waals surface area (Å²) >= 11 is 9.53. The second-order valence-electron chi connectivity index (χ2n) is 9.97. The second kappa shape index (κ2) is 26.0. The second-order valence-corrected chi connectivity index (χ2v) is 20.3. The van der Waals surface area contributed by atoms with Crippen molar-refractivity contribution in [1.82, 2.24) is 14.8 Å². The minimum Gasteiger partial charge on any atom is -0.395 e. The largest absolute Gasteiger partial charge is 0.408 e. The first kappa shape index (κ1) is 49.7. The SMILES string of the molecule is CCOP(=O)(OCC)N1C[C@H]1C.C[C@@H](N)CO.C[C@H](CO)NP(C)(C)=O.C[C@H](COS(C)(=O)=O)NP(C)(C)=O.ClCCl. The van der Waals surface area contributed by atoms with Crippen LogP contribution in [0, 0.1) is 0 Å². The monoisotopic (exact) mass is 732 g/mol. The third-order valence-corrected chi connectivity index (χ3v) is 8.93. The third kappa shape index (κ3) is 38.9. The van der Waals surface area contributed by atoms with Crippen molar-refractivity contribution in [3.63, 3.8) is 0 Å². The molecule has 14 nitrogen and oxygen atoms in total. The van der Waals surface area contributed by atoms with Crippen LogP contribution in [0.3, 0.4) is 0 Å². The van der Waals surface area contributed by atoms with Gasteiger partial charge < -0.3 is 25.1 Å². The molecule has 0 amide bonds. The molecule has 0 aromatic rings. The smallest absolute Gasteiger partial charge is 0.395 e. The molecule has 260 valence electrons. The van der Waals surface area contributed by atoms with Gasteiger partial charge in [-0.1, -0.05) is 0 Å². The van der Waals surface area contributed by atoms with Crippen LogP contribution in [0.5, 0.6) is 0 Å². The van der Waals surface area contributed by atoms with Gasteiger partial charge in [0.15, 0.2) is 0 Å². The molecule has 1 saturated heterocycles. The van der Waals surface area contributed by atoms with Crippen molar-refractivity contribution < 1.29 is 45.6 Å². The van der Waals surface area contributed by atoms with Gasteiger partial charge in [-0.05, 0) is 41.5 Å². The third-order valence-electron chi connectivity index (χ3n) is 3.88. The molecule has 20 heteroatoms. The van der Waals surface area contributed by atoms with Crippen LogP contribution in [0.1, 0.15) is 41.5 Å². The molecule has 6 N–H and O–H groups in total. The molecule has 1 aliphatic rings. The summed E-state index contributed by atoms with van der Waals surface area (Å²) in [5.41, 5.74) is 5.04. The van der Waals surface area contributed by atoms with Gasteiger partial charge in [0, 0.05) is 57.4 Å². The van der Waals surface area contributed by atoms with Crippen LogP contribution in [-0.4, -0.2) is 125 Å². The highest BCUT2D eigenvalue weighted by atomic mass is 35.5. The predicted molar refractivity (Wildman–Crippen MR) is 176 cm³/mol. The minimum absolute atomic E-state index is 0.00447. The Balaban J connectivity index is -0.000000231. The van der Waals surface area contributed by atoms with Crippen molar-refractivity contribution >= 4 is 55.7 Å². The van der Waals surface area contributed by atoms with Crippen LogP contribution in [0.2, 0.25) is 0 Å². The van der Waals surface area contributed by atoms with Crippen molar-refractivity contribution in [2.24, 2.45) is 5.73 Å². The van der Waals surface area contributed by atoms with Gasteiger partial charge in [0.05, 0.1) is 44.6 Å². The van der Waals surface area contributed by atoms with E-state index in [-0.39, 0.29) is 43.3 Å². The Kier molecular flexibility index (Phi) is 30.8. The van der Waals surface area contributed by atoms with Gasteiger partial charge in [-0.15, -0.1) is 23.2 Å². The minimum atomic E-state index is -3.40. The summed E-state index contributed by atoms with van der Waals surface area (Å²) in [4.78, 5) is 0. The maximum absolute atomic E-state index is 11.9. The summed E-state index contributed by atoms with van der Waals surface area (Å²) in [5, 5.41) is 22.3. The highest BCUT2D eigenvalue weighted by Crippen LogP contribution is 2.58. The number of aliphatic hydroxyl groups is 2. The zero-order chi connectivity index (χ0) is 34.4.